The SMILES string of the molecule is [O-][n+]1ccccc1-c1nncs1. The van der Waals surface area contributed by atoms with E-state index in [1.165, 1.54) is 17.5 Å². The minimum atomic E-state index is 0.542. The highest BCUT2D eigenvalue weighted by Crippen LogP contribution is 2.15. The normalized spacial score (nSPS) is 10.0. The van der Waals surface area contributed by atoms with Crippen molar-refractivity contribution in [2.75, 3.05) is 0 Å². The highest BCUT2D eigenvalue weighted by atomic mass is 32.1. The van der Waals surface area contributed by atoms with Crippen molar-refractivity contribution in [1.82, 2.24) is 10.2 Å². The van der Waals surface area contributed by atoms with Gasteiger partial charge in [-0.3, -0.25) is 0 Å². The minimum Gasteiger partial charge on any atom is -0.618 e. The fourth-order valence-corrected chi connectivity index (χ4v) is 1.45. The fourth-order valence-electron chi connectivity index (χ4n) is 0.879. The quantitative estimate of drug-likeness (QED) is 0.481. The predicted octanol–water partition coefficient (Wildman–Crippen LogP) is 0.839. The van der Waals surface area contributed by atoms with E-state index in [0.29, 0.717) is 10.7 Å². The molecule has 0 radical (unpaired) electrons. The van der Waals surface area contributed by atoms with Crippen LogP contribution < -0.4 is 4.73 Å². The molecule has 2 rings (SSSR count). The van der Waals surface area contributed by atoms with Gasteiger partial charge in [0, 0.05) is 12.1 Å². The topological polar surface area (TPSA) is 52.7 Å². The van der Waals surface area contributed by atoms with Gasteiger partial charge in [-0.25, -0.2) is 0 Å². The molecule has 0 aliphatic carbocycles. The molecule has 0 bridgehead atoms. The molecule has 0 saturated carbocycles. The van der Waals surface area contributed by atoms with E-state index in [9.17, 15) is 5.21 Å². The van der Waals surface area contributed by atoms with Crippen molar-refractivity contribution in [3.63, 3.8) is 0 Å². The molecule has 2 heterocycles. The van der Waals surface area contributed by atoms with E-state index in [1.54, 1.807) is 23.7 Å². The molecular formula is C7H5N3OS. The Morgan fingerprint density at radius 3 is 3.00 bits per heavy atom. The van der Waals surface area contributed by atoms with E-state index < -0.39 is 0 Å². The minimum absolute atomic E-state index is 0.542. The molecule has 0 aromatic carbocycles. The highest BCUT2D eigenvalue weighted by molar-refractivity contribution is 7.12. The second-order valence-corrected chi connectivity index (χ2v) is 2.99. The Hall–Kier alpha value is -1.49. The third-order valence-electron chi connectivity index (χ3n) is 1.40. The third-order valence-corrected chi connectivity index (χ3v) is 2.12. The lowest BCUT2D eigenvalue weighted by atomic mass is 10.4. The maximum atomic E-state index is 11.2. The summed E-state index contributed by atoms with van der Waals surface area (Å²) in [5.41, 5.74) is 2.14. The van der Waals surface area contributed by atoms with Gasteiger partial charge in [0.05, 0.1) is 0 Å². The summed E-state index contributed by atoms with van der Waals surface area (Å²) in [4.78, 5) is 0. The summed E-state index contributed by atoms with van der Waals surface area (Å²) in [5.74, 6) is 0. The van der Waals surface area contributed by atoms with Crippen molar-refractivity contribution < 1.29 is 4.73 Å². The Bertz CT molecular complexity index is 374. The molecular weight excluding hydrogens is 174 g/mol. The van der Waals surface area contributed by atoms with E-state index in [0.717, 1.165) is 4.73 Å². The standard InChI is InChI=1S/C7H5N3OS/c11-10-4-2-1-3-6(10)7-9-8-5-12-7/h1-5H. The van der Waals surface area contributed by atoms with Gasteiger partial charge in [-0.2, -0.15) is 4.73 Å². The smallest absolute Gasteiger partial charge is 0.254 e. The fraction of sp³-hybridized carbons (Fsp3) is 0. The van der Waals surface area contributed by atoms with Crippen molar-refractivity contribution in [3.8, 4) is 10.7 Å². The average molecular weight is 179 g/mol. The van der Waals surface area contributed by atoms with E-state index in [1.807, 2.05) is 0 Å². The van der Waals surface area contributed by atoms with Crippen LogP contribution in [0.3, 0.4) is 0 Å². The Morgan fingerprint density at radius 2 is 2.33 bits per heavy atom. The molecule has 0 amide bonds. The number of aromatic nitrogens is 3. The van der Waals surface area contributed by atoms with Crippen LogP contribution in [-0.4, -0.2) is 10.2 Å². The summed E-state index contributed by atoms with van der Waals surface area (Å²) in [6.45, 7) is 0. The average Bonchev–Trinajstić information content (AvgIpc) is 2.57. The van der Waals surface area contributed by atoms with Crippen LogP contribution in [0.25, 0.3) is 10.7 Å². The zero-order valence-electron chi connectivity index (χ0n) is 6.04. The van der Waals surface area contributed by atoms with Crippen LogP contribution in [-0.2, 0) is 0 Å². The summed E-state index contributed by atoms with van der Waals surface area (Å²) in [5, 5.41) is 19.3. The Balaban J connectivity index is 2.55. The molecule has 2 aromatic rings. The lowest BCUT2D eigenvalue weighted by molar-refractivity contribution is -0.593. The van der Waals surface area contributed by atoms with Gasteiger partial charge < -0.3 is 5.21 Å². The van der Waals surface area contributed by atoms with Gasteiger partial charge in [0.2, 0.25) is 5.01 Å². The van der Waals surface area contributed by atoms with Crippen LogP contribution >= 0.6 is 11.3 Å². The second kappa shape index (κ2) is 2.86. The van der Waals surface area contributed by atoms with Gasteiger partial charge in [0.25, 0.3) is 5.69 Å². The summed E-state index contributed by atoms with van der Waals surface area (Å²) >= 11 is 1.35. The molecule has 5 heteroatoms. The Kier molecular flexibility index (Phi) is 1.71. The molecule has 0 N–H and O–H groups in total. The van der Waals surface area contributed by atoms with Crippen LogP contribution in [0.15, 0.2) is 29.9 Å². The Morgan fingerprint density at radius 1 is 1.42 bits per heavy atom. The first kappa shape index (κ1) is 7.17. The van der Waals surface area contributed by atoms with E-state index in [2.05, 4.69) is 10.2 Å². The van der Waals surface area contributed by atoms with Crippen LogP contribution in [0, 0.1) is 5.21 Å². The van der Waals surface area contributed by atoms with Crippen molar-refractivity contribution in [2.45, 2.75) is 0 Å². The van der Waals surface area contributed by atoms with Crippen LogP contribution in [0.5, 0.6) is 0 Å². The summed E-state index contributed by atoms with van der Waals surface area (Å²) in [6, 6.07) is 5.19. The second-order valence-electron chi connectivity index (χ2n) is 2.16. The zero-order valence-corrected chi connectivity index (χ0v) is 6.86. The lowest BCUT2D eigenvalue weighted by Crippen LogP contribution is -2.27. The van der Waals surface area contributed by atoms with Crippen LogP contribution in [0.1, 0.15) is 0 Å². The molecule has 0 atom stereocenters. The van der Waals surface area contributed by atoms with Crippen molar-refractivity contribution >= 4 is 11.3 Å². The molecule has 0 aliphatic heterocycles. The molecule has 0 spiro atoms. The molecule has 0 aliphatic rings. The number of nitrogens with zero attached hydrogens (tertiary/aromatic N) is 3. The maximum absolute atomic E-state index is 11.2. The lowest BCUT2D eigenvalue weighted by Gasteiger charge is -1.98. The van der Waals surface area contributed by atoms with Crippen molar-refractivity contribution in [2.24, 2.45) is 0 Å². The molecule has 4 nitrogen and oxygen atoms in total. The highest BCUT2D eigenvalue weighted by Gasteiger charge is 2.09. The summed E-state index contributed by atoms with van der Waals surface area (Å²) in [6.07, 6.45) is 1.44. The van der Waals surface area contributed by atoms with Crippen LogP contribution in [0.4, 0.5) is 0 Å². The maximum Gasteiger partial charge on any atom is 0.254 e. The molecule has 0 fully saturated rings. The molecule has 0 saturated heterocycles. The number of hydrogen-bond acceptors (Lipinski definition) is 4. The van der Waals surface area contributed by atoms with Crippen molar-refractivity contribution in [3.05, 3.63) is 35.1 Å². The predicted molar refractivity (Wildman–Crippen MR) is 44.3 cm³/mol. The van der Waals surface area contributed by atoms with Gasteiger partial charge in [0.15, 0.2) is 6.20 Å². The van der Waals surface area contributed by atoms with E-state index in [-0.39, 0.29) is 0 Å². The van der Waals surface area contributed by atoms with Gasteiger partial charge in [-0.15, -0.1) is 10.2 Å². The first-order chi connectivity index (χ1) is 5.88. The number of pyridine rings is 1. The van der Waals surface area contributed by atoms with E-state index in [4.69, 9.17) is 0 Å². The van der Waals surface area contributed by atoms with Crippen molar-refractivity contribution in [1.29, 1.82) is 0 Å². The molecule has 12 heavy (non-hydrogen) atoms. The zero-order chi connectivity index (χ0) is 8.39. The molecule has 0 unspecified atom stereocenters. The van der Waals surface area contributed by atoms with Gasteiger partial charge in [-0.05, 0) is 6.07 Å². The number of rotatable bonds is 1. The summed E-state index contributed by atoms with van der Waals surface area (Å²) < 4.78 is 0.778. The third kappa shape index (κ3) is 1.14. The largest absolute Gasteiger partial charge is 0.618 e. The first-order valence-electron chi connectivity index (χ1n) is 3.32. The number of hydrogen-bond donors (Lipinski definition) is 0. The van der Waals surface area contributed by atoms with E-state index >= 15 is 0 Å². The summed E-state index contributed by atoms with van der Waals surface area (Å²) in [7, 11) is 0. The first-order valence-corrected chi connectivity index (χ1v) is 4.20. The molecule has 60 valence electrons. The van der Waals surface area contributed by atoms with Gasteiger partial charge in [-0.1, -0.05) is 11.3 Å². The Labute approximate surface area is 72.7 Å². The monoisotopic (exact) mass is 179 g/mol. The van der Waals surface area contributed by atoms with Gasteiger partial charge >= 0.3 is 0 Å². The van der Waals surface area contributed by atoms with Gasteiger partial charge in [0.1, 0.15) is 5.51 Å². The van der Waals surface area contributed by atoms with Crippen LogP contribution in [0.2, 0.25) is 0 Å². The molecule has 2 aromatic heterocycles.